The molecule has 5 heteroatoms. The summed E-state index contributed by atoms with van der Waals surface area (Å²) in [6, 6.07) is 4.12. The van der Waals surface area contributed by atoms with Gasteiger partial charge in [0.15, 0.2) is 0 Å². The summed E-state index contributed by atoms with van der Waals surface area (Å²) in [7, 11) is 0. The van der Waals surface area contributed by atoms with E-state index in [2.05, 4.69) is 21.2 Å². The number of nitrogens with zero attached hydrogens (tertiary/aromatic N) is 1. The molecule has 0 bridgehead atoms. The Bertz CT molecular complexity index is 524. The highest BCUT2D eigenvalue weighted by molar-refractivity contribution is 9.10. The van der Waals surface area contributed by atoms with E-state index in [4.69, 9.17) is 5.26 Å². The van der Waals surface area contributed by atoms with Gasteiger partial charge >= 0.3 is 0 Å². The van der Waals surface area contributed by atoms with E-state index in [1.165, 1.54) is 17.8 Å². The summed E-state index contributed by atoms with van der Waals surface area (Å²) < 4.78 is 0.966. The fourth-order valence-electron chi connectivity index (χ4n) is 2.20. The van der Waals surface area contributed by atoms with Crippen LogP contribution in [0, 0.1) is 11.3 Å². The Kier molecular flexibility index (Phi) is 5.17. The number of carbonyl (C=O) groups excluding carboxylic acids is 1. The molecule has 1 fully saturated rings. The number of carbonyl (C=O) groups is 1. The molecule has 1 amide bonds. The van der Waals surface area contributed by atoms with Gasteiger partial charge in [0.05, 0.1) is 0 Å². The maximum Gasteiger partial charge on any atom is 0.262 e. The average Bonchev–Trinajstić information content (AvgIpc) is 2.82. The normalized spacial score (nSPS) is 16.9. The smallest absolute Gasteiger partial charge is 0.262 e. The van der Waals surface area contributed by atoms with Crippen molar-refractivity contribution in [3.63, 3.8) is 0 Å². The molecule has 0 aliphatic heterocycles. The number of thiophene rings is 1. The lowest BCUT2D eigenvalue weighted by atomic mass is 9.95. The van der Waals surface area contributed by atoms with Crippen LogP contribution in [0.1, 0.15) is 37.0 Å². The first-order chi connectivity index (χ1) is 9.19. The fourth-order valence-corrected chi connectivity index (χ4v) is 3.58. The Hall–Kier alpha value is -1.12. The Morgan fingerprint density at radius 2 is 2.21 bits per heavy atom. The van der Waals surface area contributed by atoms with Gasteiger partial charge in [-0.1, -0.05) is 19.3 Å². The zero-order chi connectivity index (χ0) is 13.7. The van der Waals surface area contributed by atoms with Crippen molar-refractivity contribution in [1.82, 2.24) is 5.32 Å². The summed E-state index contributed by atoms with van der Waals surface area (Å²) in [6.45, 7) is 0. The molecule has 1 aliphatic carbocycles. The number of nitriles is 1. The minimum atomic E-state index is -0.251. The molecule has 1 heterocycles. The average molecular weight is 339 g/mol. The van der Waals surface area contributed by atoms with Crippen LogP contribution >= 0.6 is 27.3 Å². The summed E-state index contributed by atoms with van der Waals surface area (Å²) >= 11 is 4.86. The van der Waals surface area contributed by atoms with Crippen molar-refractivity contribution in [2.45, 2.75) is 38.1 Å². The molecular weight excluding hydrogens is 324 g/mol. The maximum atomic E-state index is 12.0. The van der Waals surface area contributed by atoms with Crippen molar-refractivity contribution in [2.24, 2.45) is 0 Å². The standard InChI is InChI=1S/C14H15BrN2OS/c15-11-7-13(19-9-11)6-10(8-16)14(18)17-12-4-2-1-3-5-12/h6-7,9,12H,1-5H2,(H,17,18)/b10-6+. The first-order valence-corrected chi connectivity index (χ1v) is 8.03. The molecule has 0 unspecified atom stereocenters. The van der Waals surface area contributed by atoms with Crippen molar-refractivity contribution < 1.29 is 4.79 Å². The van der Waals surface area contributed by atoms with Gasteiger partial charge in [0.2, 0.25) is 0 Å². The Morgan fingerprint density at radius 1 is 1.47 bits per heavy atom. The monoisotopic (exact) mass is 338 g/mol. The number of hydrogen-bond acceptors (Lipinski definition) is 3. The Balaban J connectivity index is 2.02. The third-order valence-electron chi connectivity index (χ3n) is 3.18. The van der Waals surface area contributed by atoms with E-state index >= 15 is 0 Å². The largest absolute Gasteiger partial charge is 0.349 e. The molecule has 3 nitrogen and oxygen atoms in total. The van der Waals surface area contributed by atoms with Crippen LogP contribution in [0.25, 0.3) is 6.08 Å². The number of hydrogen-bond donors (Lipinski definition) is 1. The van der Waals surface area contributed by atoms with Crippen LogP contribution in [0.3, 0.4) is 0 Å². The Morgan fingerprint density at radius 3 is 2.79 bits per heavy atom. The van der Waals surface area contributed by atoms with Gasteiger partial charge in [0, 0.05) is 20.8 Å². The molecule has 0 aromatic carbocycles. The van der Waals surface area contributed by atoms with Crippen LogP contribution in [-0.2, 0) is 4.79 Å². The van der Waals surface area contributed by atoms with Gasteiger partial charge in [-0.2, -0.15) is 5.26 Å². The van der Waals surface area contributed by atoms with Gasteiger partial charge in [0.25, 0.3) is 5.91 Å². The van der Waals surface area contributed by atoms with E-state index in [0.717, 1.165) is 35.0 Å². The van der Waals surface area contributed by atoms with Crippen molar-refractivity contribution in [3.8, 4) is 6.07 Å². The Labute approximate surface area is 125 Å². The molecule has 1 N–H and O–H groups in total. The van der Waals surface area contributed by atoms with E-state index in [0.29, 0.717) is 0 Å². The highest BCUT2D eigenvalue weighted by Gasteiger charge is 2.18. The van der Waals surface area contributed by atoms with Gasteiger partial charge in [-0.05, 0) is 40.9 Å². The van der Waals surface area contributed by atoms with Crippen LogP contribution in [0.5, 0.6) is 0 Å². The number of halogens is 1. The second-order valence-electron chi connectivity index (χ2n) is 4.65. The maximum absolute atomic E-state index is 12.0. The van der Waals surface area contributed by atoms with E-state index in [1.54, 1.807) is 6.08 Å². The zero-order valence-corrected chi connectivity index (χ0v) is 12.9. The minimum Gasteiger partial charge on any atom is -0.349 e. The minimum absolute atomic E-state index is 0.180. The molecule has 100 valence electrons. The molecule has 2 rings (SSSR count). The topological polar surface area (TPSA) is 52.9 Å². The molecule has 0 radical (unpaired) electrons. The summed E-state index contributed by atoms with van der Waals surface area (Å²) in [5.41, 5.74) is 0.180. The third-order valence-corrected chi connectivity index (χ3v) is 4.82. The van der Waals surface area contributed by atoms with E-state index in [9.17, 15) is 4.79 Å². The molecule has 19 heavy (non-hydrogen) atoms. The van der Waals surface area contributed by atoms with Gasteiger partial charge in [-0.3, -0.25) is 4.79 Å². The number of rotatable bonds is 3. The van der Waals surface area contributed by atoms with E-state index in [-0.39, 0.29) is 17.5 Å². The molecule has 0 spiro atoms. The van der Waals surface area contributed by atoms with Crippen LogP contribution in [0.4, 0.5) is 0 Å². The van der Waals surface area contributed by atoms with Crippen LogP contribution in [0.2, 0.25) is 0 Å². The van der Waals surface area contributed by atoms with Gasteiger partial charge in [-0.15, -0.1) is 11.3 Å². The predicted molar refractivity (Wildman–Crippen MR) is 80.6 cm³/mol. The quantitative estimate of drug-likeness (QED) is 0.671. The molecule has 1 aromatic heterocycles. The van der Waals surface area contributed by atoms with Gasteiger partial charge < -0.3 is 5.32 Å². The van der Waals surface area contributed by atoms with Crippen LogP contribution in [-0.4, -0.2) is 11.9 Å². The molecule has 1 saturated carbocycles. The first-order valence-electron chi connectivity index (χ1n) is 6.36. The highest BCUT2D eigenvalue weighted by atomic mass is 79.9. The third kappa shape index (κ3) is 4.19. The summed E-state index contributed by atoms with van der Waals surface area (Å²) in [6.07, 6.45) is 7.26. The second kappa shape index (κ2) is 6.88. The first kappa shape index (κ1) is 14.3. The SMILES string of the molecule is N#C/C(=C\c1cc(Br)cs1)C(=O)NC1CCCCC1. The summed E-state index contributed by atoms with van der Waals surface area (Å²) in [4.78, 5) is 12.9. The van der Waals surface area contributed by atoms with Crippen molar-refractivity contribution >= 4 is 39.2 Å². The van der Waals surface area contributed by atoms with Crippen LogP contribution in [0.15, 0.2) is 21.5 Å². The second-order valence-corrected chi connectivity index (χ2v) is 6.50. The van der Waals surface area contributed by atoms with Crippen molar-refractivity contribution in [2.75, 3.05) is 0 Å². The van der Waals surface area contributed by atoms with Crippen molar-refractivity contribution in [3.05, 3.63) is 26.4 Å². The zero-order valence-electron chi connectivity index (χ0n) is 10.5. The lowest BCUT2D eigenvalue weighted by Gasteiger charge is -2.22. The summed E-state index contributed by atoms with van der Waals surface area (Å²) in [5, 5.41) is 14.0. The molecule has 0 atom stereocenters. The summed E-state index contributed by atoms with van der Waals surface area (Å²) in [5.74, 6) is -0.251. The van der Waals surface area contributed by atoms with Gasteiger partial charge in [-0.25, -0.2) is 0 Å². The fraction of sp³-hybridized carbons (Fsp3) is 0.429. The molecule has 0 saturated heterocycles. The molecule has 1 aromatic rings. The highest BCUT2D eigenvalue weighted by Crippen LogP contribution is 2.22. The van der Waals surface area contributed by atoms with E-state index in [1.807, 2.05) is 17.5 Å². The predicted octanol–water partition coefficient (Wildman–Crippen LogP) is 3.87. The lowest BCUT2D eigenvalue weighted by Crippen LogP contribution is -2.36. The molecule has 1 aliphatic rings. The number of amides is 1. The van der Waals surface area contributed by atoms with E-state index < -0.39 is 0 Å². The molecular formula is C14H15BrN2OS. The van der Waals surface area contributed by atoms with Crippen molar-refractivity contribution in [1.29, 1.82) is 5.26 Å². The van der Waals surface area contributed by atoms with Gasteiger partial charge in [0.1, 0.15) is 11.6 Å². The lowest BCUT2D eigenvalue weighted by molar-refractivity contribution is -0.117. The van der Waals surface area contributed by atoms with Crippen LogP contribution < -0.4 is 5.32 Å². The number of nitrogens with one attached hydrogen (secondary N) is 1.